The third kappa shape index (κ3) is 5.55. The van der Waals surface area contributed by atoms with Crippen LogP contribution in [0.5, 0.6) is 0 Å². The number of rotatable bonds is 7. The van der Waals surface area contributed by atoms with Crippen LogP contribution >= 0.6 is 11.6 Å². The van der Waals surface area contributed by atoms with Gasteiger partial charge in [0, 0.05) is 34.8 Å². The first-order valence-corrected chi connectivity index (χ1v) is 8.92. The number of urea groups is 1. The van der Waals surface area contributed by atoms with E-state index in [9.17, 15) is 9.59 Å². The number of hydrogen-bond donors (Lipinski definition) is 3. The van der Waals surface area contributed by atoms with E-state index in [4.69, 9.17) is 21.9 Å². The summed E-state index contributed by atoms with van der Waals surface area (Å²) in [5.41, 5.74) is 6.96. The van der Waals surface area contributed by atoms with Crippen molar-refractivity contribution in [3.05, 3.63) is 59.4 Å². The number of aromatic nitrogens is 2. The first kappa shape index (κ1) is 19.4. The maximum atomic E-state index is 12.1. The van der Waals surface area contributed by atoms with E-state index in [1.807, 2.05) is 12.1 Å². The molecule has 0 radical (unpaired) electrons. The largest absolute Gasteiger partial charge is 0.351 e. The van der Waals surface area contributed by atoms with Gasteiger partial charge in [0.2, 0.25) is 17.6 Å². The third-order valence-electron chi connectivity index (χ3n) is 3.78. The summed E-state index contributed by atoms with van der Waals surface area (Å²) in [6.45, 7) is 0. The van der Waals surface area contributed by atoms with E-state index in [2.05, 4.69) is 20.8 Å². The smallest absolute Gasteiger partial charge is 0.316 e. The highest BCUT2D eigenvalue weighted by Gasteiger charge is 2.10. The number of amides is 3. The van der Waals surface area contributed by atoms with E-state index in [1.165, 1.54) is 0 Å². The van der Waals surface area contributed by atoms with Crippen molar-refractivity contribution in [3.63, 3.8) is 0 Å². The number of carbonyl (C=O) groups is 2. The molecule has 8 nitrogen and oxygen atoms in total. The molecule has 144 valence electrons. The van der Waals surface area contributed by atoms with Crippen LogP contribution in [0.15, 0.2) is 53.1 Å². The Kier molecular flexibility index (Phi) is 6.23. The van der Waals surface area contributed by atoms with E-state index in [1.54, 1.807) is 36.4 Å². The van der Waals surface area contributed by atoms with Gasteiger partial charge < -0.3 is 20.9 Å². The van der Waals surface area contributed by atoms with Crippen molar-refractivity contribution < 1.29 is 14.1 Å². The molecule has 3 aromatic rings. The lowest BCUT2D eigenvalue weighted by molar-refractivity contribution is -0.116. The third-order valence-corrected chi connectivity index (χ3v) is 4.03. The van der Waals surface area contributed by atoms with Crippen molar-refractivity contribution in [2.45, 2.75) is 19.3 Å². The van der Waals surface area contributed by atoms with Gasteiger partial charge in [-0.2, -0.15) is 4.98 Å². The van der Waals surface area contributed by atoms with E-state index in [-0.39, 0.29) is 12.3 Å². The summed E-state index contributed by atoms with van der Waals surface area (Å²) in [6.07, 6.45) is 1.32. The standard InChI is InChI=1S/C19H18ClN5O3/c20-13-9-7-12(8-10-13)18-24-17(28-25-18)6-2-5-16(26)22-14-3-1-4-15(11-14)23-19(21)27/h1,3-4,7-11H,2,5-6H2,(H,22,26)(H3,21,23,27). The molecule has 1 heterocycles. The van der Waals surface area contributed by atoms with E-state index < -0.39 is 6.03 Å². The first-order valence-electron chi connectivity index (χ1n) is 8.54. The molecule has 0 spiro atoms. The summed E-state index contributed by atoms with van der Waals surface area (Å²) >= 11 is 5.87. The van der Waals surface area contributed by atoms with Crippen LogP contribution in [0, 0.1) is 0 Å². The van der Waals surface area contributed by atoms with Gasteiger partial charge in [0.05, 0.1) is 0 Å². The fourth-order valence-electron chi connectivity index (χ4n) is 2.51. The zero-order chi connectivity index (χ0) is 19.9. The molecule has 0 fully saturated rings. The Bertz CT molecular complexity index is 972. The van der Waals surface area contributed by atoms with Crippen LogP contribution in [0.4, 0.5) is 16.2 Å². The SMILES string of the molecule is NC(=O)Nc1cccc(NC(=O)CCCc2nc(-c3ccc(Cl)cc3)no2)c1. The second-order valence-electron chi connectivity index (χ2n) is 5.99. The van der Waals surface area contributed by atoms with Gasteiger partial charge in [-0.3, -0.25) is 4.79 Å². The minimum atomic E-state index is -0.666. The Hall–Kier alpha value is -3.39. The summed E-state index contributed by atoms with van der Waals surface area (Å²) < 4.78 is 5.22. The molecule has 1 aromatic heterocycles. The molecule has 0 bridgehead atoms. The molecule has 0 aliphatic rings. The molecular formula is C19H18ClN5O3. The summed E-state index contributed by atoms with van der Waals surface area (Å²) in [5, 5.41) is 9.80. The molecular weight excluding hydrogens is 382 g/mol. The normalized spacial score (nSPS) is 10.5. The quantitative estimate of drug-likeness (QED) is 0.556. The van der Waals surface area contributed by atoms with Crippen molar-refractivity contribution in [3.8, 4) is 11.4 Å². The highest BCUT2D eigenvalue weighted by molar-refractivity contribution is 6.30. The summed E-state index contributed by atoms with van der Waals surface area (Å²) in [4.78, 5) is 27.3. The number of anilines is 2. The van der Waals surface area contributed by atoms with Crippen LogP contribution in [0.3, 0.4) is 0 Å². The molecule has 0 unspecified atom stereocenters. The number of benzene rings is 2. The van der Waals surface area contributed by atoms with E-state index in [0.29, 0.717) is 41.0 Å². The molecule has 28 heavy (non-hydrogen) atoms. The summed E-state index contributed by atoms with van der Waals surface area (Å²) in [6, 6.07) is 13.2. The van der Waals surface area contributed by atoms with Crippen molar-refractivity contribution in [1.29, 1.82) is 0 Å². The number of primary amides is 1. The molecule has 0 aliphatic carbocycles. The second-order valence-corrected chi connectivity index (χ2v) is 6.43. The number of nitrogens with zero attached hydrogens (tertiary/aromatic N) is 2. The average molecular weight is 400 g/mol. The molecule has 0 saturated heterocycles. The average Bonchev–Trinajstić information content (AvgIpc) is 3.11. The summed E-state index contributed by atoms with van der Waals surface area (Å²) in [7, 11) is 0. The Labute approximate surface area is 166 Å². The number of carbonyl (C=O) groups excluding carboxylic acids is 2. The molecule has 2 aromatic carbocycles. The Morgan fingerprint density at radius 2 is 1.79 bits per heavy atom. The lowest BCUT2D eigenvalue weighted by atomic mass is 10.2. The van der Waals surface area contributed by atoms with Gasteiger partial charge >= 0.3 is 6.03 Å². The Morgan fingerprint density at radius 3 is 2.50 bits per heavy atom. The minimum absolute atomic E-state index is 0.159. The van der Waals surface area contributed by atoms with Gasteiger partial charge in [0.15, 0.2) is 0 Å². The highest BCUT2D eigenvalue weighted by atomic mass is 35.5. The molecule has 3 amide bonds. The maximum Gasteiger partial charge on any atom is 0.316 e. The lowest BCUT2D eigenvalue weighted by Gasteiger charge is -2.07. The lowest BCUT2D eigenvalue weighted by Crippen LogP contribution is -2.19. The van der Waals surface area contributed by atoms with Crippen molar-refractivity contribution >= 4 is 34.9 Å². The molecule has 9 heteroatoms. The van der Waals surface area contributed by atoms with E-state index in [0.717, 1.165) is 5.56 Å². The van der Waals surface area contributed by atoms with Gasteiger partial charge in [-0.15, -0.1) is 0 Å². The molecule has 0 aliphatic heterocycles. The maximum absolute atomic E-state index is 12.1. The van der Waals surface area contributed by atoms with Gasteiger partial charge in [-0.1, -0.05) is 22.8 Å². The predicted molar refractivity (Wildman–Crippen MR) is 106 cm³/mol. The van der Waals surface area contributed by atoms with Crippen molar-refractivity contribution in [1.82, 2.24) is 10.1 Å². The van der Waals surface area contributed by atoms with Gasteiger partial charge in [0.1, 0.15) is 0 Å². The van der Waals surface area contributed by atoms with Crippen molar-refractivity contribution in [2.75, 3.05) is 10.6 Å². The Morgan fingerprint density at radius 1 is 1.07 bits per heavy atom. The van der Waals surface area contributed by atoms with Gasteiger partial charge in [0.25, 0.3) is 0 Å². The van der Waals surface area contributed by atoms with E-state index >= 15 is 0 Å². The molecule has 4 N–H and O–H groups in total. The van der Waals surface area contributed by atoms with Crippen LogP contribution in [-0.2, 0) is 11.2 Å². The number of nitrogens with two attached hydrogens (primary N) is 1. The number of aryl methyl sites for hydroxylation is 1. The zero-order valence-electron chi connectivity index (χ0n) is 14.8. The summed E-state index contributed by atoms with van der Waals surface area (Å²) in [5.74, 6) is 0.786. The molecule has 0 saturated carbocycles. The second kappa shape index (κ2) is 9.01. The molecule has 3 rings (SSSR count). The van der Waals surface area contributed by atoms with Crippen LogP contribution in [-0.4, -0.2) is 22.1 Å². The van der Waals surface area contributed by atoms with Crippen LogP contribution < -0.4 is 16.4 Å². The van der Waals surface area contributed by atoms with Crippen LogP contribution in [0.1, 0.15) is 18.7 Å². The van der Waals surface area contributed by atoms with Crippen LogP contribution in [0.2, 0.25) is 5.02 Å². The predicted octanol–water partition coefficient (Wildman–Crippen LogP) is 3.84. The fraction of sp³-hybridized carbons (Fsp3) is 0.158. The topological polar surface area (TPSA) is 123 Å². The van der Waals surface area contributed by atoms with Gasteiger partial charge in [-0.25, -0.2) is 4.79 Å². The number of hydrogen-bond acceptors (Lipinski definition) is 5. The molecule has 0 atom stereocenters. The number of nitrogens with one attached hydrogen (secondary N) is 2. The zero-order valence-corrected chi connectivity index (χ0v) is 15.6. The van der Waals surface area contributed by atoms with Crippen LogP contribution in [0.25, 0.3) is 11.4 Å². The number of halogens is 1. The van der Waals surface area contributed by atoms with Gasteiger partial charge in [-0.05, 0) is 48.9 Å². The monoisotopic (exact) mass is 399 g/mol. The first-order chi connectivity index (χ1) is 13.5. The van der Waals surface area contributed by atoms with Crippen molar-refractivity contribution in [2.24, 2.45) is 5.73 Å². The Balaban J connectivity index is 1.48. The minimum Gasteiger partial charge on any atom is -0.351 e. The fourth-order valence-corrected chi connectivity index (χ4v) is 2.64. The highest BCUT2D eigenvalue weighted by Crippen LogP contribution is 2.19.